The second-order valence-electron chi connectivity index (χ2n) is 5.77. The van der Waals surface area contributed by atoms with Gasteiger partial charge in [-0.25, -0.2) is 4.98 Å². The van der Waals surface area contributed by atoms with Gasteiger partial charge < -0.3 is 13.9 Å². The van der Waals surface area contributed by atoms with Crippen molar-refractivity contribution >= 4 is 5.65 Å². The van der Waals surface area contributed by atoms with Gasteiger partial charge in [-0.2, -0.15) is 0 Å². The SMILES string of the molecule is COc1ccc(-c2ccc3nc(-c4ccc(OC)cc4)cn3c2)cc1. The van der Waals surface area contributed by atoms with Crippen LogP contribution in [0, 0.1) is 0 Å². The number of hydrogen-bond donors (Lipinski definition) is 0. The normalized spacial score (nSPS) is 10.8. The van der Waals surface area contributed by atoms with Gasteiger partial charge in [0.1, 0.15) is 17.1 Å². The molecule has 0 fully saturated rings. The van der Waals surface area contributed by atoms with Crippen molar-refractivity contribution in [2.75, 3.05) is 14.2 Å². The predicted molar refractivity (Wildman–Crippen MR) is 99.2 cm³/mol. The third kappa shape index (κ3) is 2.94. The van der Waals surface area contributed by atoms with E-state index in [0.29, 0.717) is 0 Å². The monoisotopic (exact) mass is 330 g/mol. The molecule has 4 nitrogen and oxygen atoms in total. The van der Waals surface area contributed by atoms with Gasteiger partial charge in [-0.15, -0.1) is 0 Å². The van der Waals surface area contributed by atoms with Crippen molar-refractivity contribution in [2.24, 2.45) is 0 Å². The van der Waals surface area contributed by atoms with E-state index in [4.69, 9.17) is 14.5 Å². The molecule has 0 aliphatic carbocycles. The minimum atomic E-state index is 0.842. The first-order chi connectivity index (χ1) is 12.3. The zero-order valence-electron chi connectivity index (χ0n) is 14.1. The standard InChI is InChI=1S/C21H18N2O2/c1-24-18-8-3-15(4-9-18)17-7-12-21-22-20(14-23(21)13-17)16-5-10-19(25-2)11-6-16/h3-14H,1-2H3. The van der Waals surface area contributed by atoms with Crippen LogP contribution in [0.2, 0.25) is 0 Å². The van der Waals surface area contributed by atoms with E-state index in [-0.39, 0.29) is 0 Å². The minimum absolute atomic E-state index is 0.842. The summed E-state index contributed by atoms with van der Waals surface area (Å²) in [6, 6.07) is 20.1. The fourth-order valence-electron chi connectivity index (χ4n) is 2.85. The Kier molecular flexibility index (Phi) is 3.86. The molecule has 0 radical (unpaired) electrons. The van der Waals surface area contributed by atoms with Gasteiger partial charge in [0.15, 0.2) is 0 Å². The van der Waals surface area contributed by atoms with Gasteiger partial charge in [-0.05, 0) is 59.7 Å². The van der Waals surface area contributed by atoms with Gasteiger partial charge in [0, 0.05) is 18.0 Å². The molecular formula is C21H18N2O2. The van der Waals surface area contributed by atoms with Crippen LogP contribution in [0.4, 0.5) is 0 Å². The van der Waals surface area contributed by atoms with E-state index >= 15 is 0 Å². The third-order valence-electron chi connectivity index (χ3n) is 4.26. The third-order valence-corrected chi connectivity index (χ3v) is 4.26. The van der Waals surface area contributed by atoms with E-state index < -0.39 is 0 Å². The number of benzene rings is 2. The average molecular weight is 330 g/mol. The van der Waals surface area contributed by atoms with Crippen LogP contribution in [-0.4, -0.2) is 23.6 Å². The quantitative estimate of drug-likeness (QED) is 0.545. The highest BCUT2D eigenvalue weighted by Crippen LogP contribution is 2.26. The van der Waals surface area contributed by atoms with Crippen LogP contribution in [0.5, 0.6) is 11.5 Å². The fraction of sp³-hybridized carbons (Fsp3) is 0.0952. The van der Waals surface area contributed by atoms with Crippen LogP contribution in [0.1, 0.15) is 0 Å². The molecule has 0 saturated carbocycles. The molecule has 124 valence electrons. The maximum atomic E-state index is 5.22. The van der Waals surface area contributed by atoms with Crippen molar-refractivity contribution in [3.8, 4) is 33.9 Å². The van der Waals surface area contributed by atoms with Crippen molar-refractivity contribution in [1.29, 1.82) is 0 Å². The molecule has 0 bridgehead atoms. The largest absolute Gasteiger partial charge is 0.497 e. The summed E-state index contributed by atoms with van der Waals surface area (Å²) < 4.78 is 12.5. The maximum absolute atomic E-state index is 5.22. The van der Waals surface area contributed by atoms with Gasteiger partial charge in [-0.3, -0.25) is 0 Å². The van der Waals surface area contributed by atoms with Crippen LogP contribution in [-0.2, 0) is 0 Å². The Labute approximate surface area is 146 Å². The molecule has 0 N–H and O–H groups in total. The smallest absolute Gasteiger partial charge is 0.137 e. The van der Waals surface area contributed by atoms with Crippen molar-refractivity contribution in [1.82, 2.24) is 9.38 Å². The number of ether oxygens (including phenoxy) is 2. The number of hydrogen-bond acceptors (Lipinski definition) is 3. The summed E-state index contributed by atoms with van der Waals surface area (Å²) in [6.07, 6.45) is 4.14. The highest BCUT2D eigenvalue weighted by atomic mass is 16.5. The average Bonchev–Trinajstić information content (AvgIpc) is 3.11. The number of fused-ring (bicyclic) bond motifs is 1. The van der Waals surface area contributed by atoms with Crippen molar-refractivity contribution in [3.05, 3.63) is 73.1 Å². The zero-order chi connectivity index (χ0) is 17.2. The number of pyridine rings is 1. The first-order valence-electron chi connectivity index (χ1n) is 8.04. The van der Waals surface area contributed by atoms with Gasteiger partial charge in [0.2, 0.25) is 0 Å². The minimum Gasteiger partial charge on any atom is -0.497 e. The summed E-state index contributed by atoms with van der Waals surface area (Å²) in [6.45, 7) is 0. The molecule has 0 aliphatic rings. The van der Waals surface area contributed by atoms with E-state index in [1.54, 1.807) is 14.2 Å². The summed E-state index contributed by atoms with van der Waals surface area (Å²) in [4.78, 5) is 4.70. The number of nitrogens with zero attached hydrogens (tertiary/aromatic N) is 2. The van der Waals surface area contributed by atoms with Gasteiger partial charge in [0.05, 0.1) is 19.9 Å². The Morgan fingerprint density at radius 3 is 1.80 bits per heavy atom. The lowest BCUT2D eigenvalue weighted by Gasteiger charge is -2.04. The van der Waals surface area contributed by atoms with Crippen LogP contribution >= 0.6 is 0 Å². The molecule has 4 aromatic rings. The number of imidazole rings is 1. The number of rotatable bonds is 4. The molecule has 2 heterocycles. The second kappa shape index (κ2) is 6.32. The lowest BCUT2D eigenvalue weighted by molar-refractivity contribution is 0.415. The van der Waals surface area contributed by atoms with Crippen LogP contribution in [0.25, 0.3) is 28.0 Å². The fourth-order valence-corrected chi connectivity index (χ4v) is 2.85. The van der Waals surface area contributed by atoms with Gasteiger partial charge in [0.25, 0.3) is 0 Å². The first kappa shape index (κ1) is 15.3. The van der Waals surface area contributed by atoms with Crippen LogP contribution < -0.4 is 9.47 Å². The number of aromatic nitrogens is 2. The highest BCUT2D eigenvalue weighted by molar-refractivity contribution is 5.68. The molecule has 0 spiro atoms. The highest BCUT2D eigenvalue weighted by Gasteiger charge is 2.06. The molecule has 25 heavy (non-hydrogen) atoms. The molecular weight excluding hydrogens is 312 g/mol. The molecule has 2 aromatic carbocycles. The molecule has 0 saturated heterocycles. The Morgan fingerprint density at radius 2 is 1.20 bits per heavy atom. The summed E-state index contributed by atoms with van der Waals surface area (Å²) in [5, 5.41) is 0. The molecule has 4 heteroatoms. The Morgan fingerprint density at radius 1 is 0.640 bits per heavy atom. The van der Waals surface area contributed by atoms with Gasteiger partial charge >= 0.3 is 0 Å². The molecule has 0 amide bonds. The van der Waals surface area contributed by atoms with Gasteiger partial charge in [-0.1, -0.05) is 12.1 Å². The Balaban J connectivity index is 1.70. The van der Waals surface area contributed by atoms with E-state index in [1.165, 1.54) is 0 Å². The van der Waals surface area contributed by atoms with E-state index in [0.717, 1.165) is 39.5 Å². The molecule has 4 rings (SSSR count). The lowest BCUT2D eigenvalue weighted by atomic mass is 10.1. The van der Waals surface area contributed by atoms with E-state index in [1.807, 2.05) is 48.7 Å². The first-order valence-corrected chi connectivity index (χ1v) is 8.04. The Hall–Kier alpha value is -3.27. The second-order valence-corrected chi connectivity index (χ2v) is 5.77. The van der Waals surface area contributed by atoms with Crippen LogP contribution in [0.15, 0.2) is 73.1 Å². The molecule has 0 unspecified atom stereocenters. The summed E-state index contributed by atoms with van der Waals surface area (Å²) >= 11 is 0. The Bertz CT molecular complexity index is 957. The summed E-state index contributed by atoms with van der Waals surface area (Å²) in [5.74, 6) is 1.70. The predicted octanol–water partition coefficient (Wildman–Crippen LogP) is 4.69. The summed E-state index contributed by atoms with van der Waals surface area (Å²) in [7, 11) is 3.34. The lowest BCUT2D eigenvalue weighted by Crippen LogP contribution is -1.86. The maximum Gasteiger partial charge on any atom is 0.137 e. The van der Waals surface area contributed by atoms with E-state index in [9.17, 15) is 0 Å². The van der Waals surface area contributed by atoms with Crippen molar-refractivity contribution < 1.29 is 9.47 Å². The topological polar surface area (TPSA) is 35.8 Å². The summed E-state index contributed by atoms with van der Waals surface area (Å²) in [5.41, 5.74) is 5.20. The molecule has 2 aromatic heterocycles. The van der Waals surface area contributed by atoms with E-state index in [2.05, 4.69) is 28.8 Å². The number of methoxy groups -OCH3 is 2. The molecule has 0 aliphatic heterocycles. The van der Waals surface area contributed by atoms with Crippen LogP contribution in [0.3, 0.4) is 0 Å². The molecule has 0 atom stereocenters. The van der Waals surface area contributed by atoms with Crippen molar-refractivity contribution in [3.63, 3.8) is 0 Å². The van der Waals surface area contributed by atoms with Crippen molar-refractivity contribution in [2.45, 2.75) is 0 Å². The zero-order valence-corrected chi connectivity index (χ0v) is 14.1.